The summed E-state index contributed by atoms with van der Waals surface area (Å²) in [4.78, 5) is 10.5. The average Bonchev–Trinajstić information content (AvgIpc) is 2.72. The number of rotatable bonds is 2. The van der Waals surface area contributed by atoms with Crippen LogP contribution in [0.3, 0.4) is 0 Å². The van der Waals surface area contributed by atoms with Gasteiger partial charge in [-0.1, -0.05) is 12.1 Å². The first kappa shape index (κ1) is 11.9. The van der Waals surface area contributed by atoms with Gasteiger partial charge in [0.2, 0.25) is 5.89 Å². The Balaban J connectivity index is 1.92. The van der Waals surface area contributed by atoms with Gasteiger partial charge in [0.1, 0.15) is 6.54 Å². The number of hydrogen-bond donors (Lipinski definition) is 1. The lowest BCUT2D eigenvalue weighted by Crippen LogP contribution is -2.43. The van der Waals surface area contributed by atoms with Gasteiger partial charge in [-0.05, 0) is 18.8 Å². The van der Waals surface area contributed by atoms with E-state index in [4.69, 9.17) is 10.3 Å². The number of likely N-dealkylation sites (tertiary alicyclic amines) is 1. The summed E-state index contributed by atoms with van der Waals surface area (Å²) in [6.45, 7) is 6.36. The lowest BCUT2D eigenvalue weighted by molar-refractivity contribution is 0.270. The minimum atomic E-state index is 0.383. The second-order valence-corrected chi connectivity index (χ2v) is 4.60. The van der Waals surface area contributed by atoms with Crippen LogP contribution >= 0.6 is 0 Å². The summed E-state index contributed by atoms with van der Waals surface area (Å²) in [5.74, 6) is 2.40. The van der Waals surface area contributed by atoms with Gasteiger partial charge in [-0.2, -0.15) is 4.98 Å². The fraction of sp³-hybridized carbons (Fsp3) is 0.727. The van der Waals surface area contributed by atoms with Gasteiger partial charge in [-0.3, -0.25) is 0 Å². The SMILES string of the molecule is Cc1nc(CN=C(N)N2CCCC(C)C2)no1. The van der Waals surface area contributed by atoms with E-state index in [-0.39, 0.29) is 0 Å². The Bertz CT molecular complexity index is 400. The summed E-state index contributed by atoms with van der Waals surface area (Å²) >= 11 is 0. The maximum atomic E-state index is 5.96. The zero-order valence-corrected chi connectivity index (χ0v) is 10.4. The van der Waals surface area contributed by atoms with Gasteiger partial charge in [-0.15, -0.1) is 0 Å². The maximum Gasteiger partial charge on any atom is 0.223 e. The molecular formula is C11H19N5O. The number of hydrogen-bond acceptors (Lipinski definition) is 4. The van der Waals surface area contributed by atoms with Crippen LogP contribution in [-0.2, 0) is 6.54 Å². The van der Waals surface area contributed by atoms with Gasteiger partial charge in [0.05, 0.1) is 0 Å². The van der Waals surface area contributed by atoms with Gasteiger partial charge >= 0.3 is 0 Å². The summed E-state index contributed by atoms with van der Waals surface area (Å²) in [5, 5.41) is 3.78. The van der Waals surface area contributed by atoms with Crippen molar-refractivity contribution in [1.29, 1.82) is 0 Å². The van der Waals surface area contributed by atoms with Crippen LogP contribution in [0.25, 0.3) is 0 Å². The molecule has 0 radical (unpaired) electrons. The van der Waals surface area contributed by atoms with Gasteiger partial charge in [0.15, 0.2) is 11.8 Å². The molecule has 1 atom stereocenters. The minimum Gasteiger partial charge on any atom is -0.370 e. The minimum absolute atomic E-state index is 0.383. The number of aromatic nitrogens is 2. The summed E-state index contributed by atoms with van der Waals surface area (Å²) in [6, 6.07) is 0. The van der Waals surface area contributed by atoms with Crippen molar-refractivity contribution in [3.05, 3.63) is 11.7 Å². The molecule has 1 aromatic rings. The quantitative estimate of drug-likeness (QED) is 0.611. The highest BCUT2D eigenvalue weighted by Crippen LogP contribution is 2.14. The number of aliphatic imine (C=N–C) groups is 1. The molecule has 0 amide bonds. The van der Waals surface area contributed by atoms with Crippen LogP contribution in [0.2, 0.25) is 0 Å². The molecule has 94 valence electrons. The number of nitrogens with two attached hydrogens (primary N) is 1. The van der Waals surface area contributed by atoms with Crippen molar-refractivity contribution in [3.63, 3.8) is 0 Å². The van der Waals surface area contributed by atoms with E-state index in [2.05, 4.69) is 27.0 Å². The zero-order valence-electron chi connectivity index (χ0n) is 10.4. The monoisotopic (exact) mass is 237 g/mol. The first-order valence-corrected chi connectivity index (χ1v) is 5.99. The van der Waals surface area contributed by atoms with Crippen molar-refractivity contribution >= 4 is 5.96 Å². The van der Waals surface area contributed by atoms with E-state index in [1.807, 2.05) is 0 Å². The molecule has 2 N–H and O–H groups in total. The van der Waals surface area contributed by atoms with Crippen LogP contribution in [0.5, 0.6) is 0 Å². The van der Waals surface area contributed by atoms with Crippen molar-refractivity contribution in [1.82, 2.24) is 15.0 Å². The Hall–Kier alpha value is -1.59. The van der Waals surface area contributed by atoms with E-state index in [1.165, 1.54) is 12.8 Å². The highest BCUT2D eigenvalue weighted by molar-refractivity contribution is 5.78. The Labute approximate surface area is 101 Å². The first-order chi connectivity index (χ1) is 8.15. The molecule has 2 heterocycles. The topological polar surface area (TPSA) is 80.5 Å². The normalized spacial score (nSPS) is 21.9. The van der Waals surface area contributed by atoms with Crippen molar-refractivity contribution in [2.45, 2.75) is 33.2 Å². The highest BCUT2D eigenvalue weighted by Gasteiger charge is 2.17. The predicted octanol–water partition coefficient (Wildman–Crippen LogP) is 0.925. The summed E-state index contributed by atoms with van der Waals surface area (Å²) in [6.07, 6.45) is 2.45. The maximum absolute atomic E-state index is 5.96. The fourth-order valence-electron chi connectivity index (χ4n) is 2.05. The van der Waals surface area contributed by atoms with Crippen LogP contribution in [0.15, 0.2) is 9.52 Å². The van der Waals surface area contributed by atoms with Crippen molar-refractivity contribution in [3.8, 4) is 0 Å². The Morgan fingerprint density at radius 3 is 3.12 bits per heavy atom. The number of piperidine rings is 1. The molecule has 2 rings (SSSR count). The predicted molar refractivity (Wildman–Crippen MR) is 64.3 cm³/mol. The van der Waals surface area contributed by atoms with Crippen LogP contribution < -0.4 is 5.73 Å². The van der Waals surface area contributed by atoms with Crippen molar-refractivity contribution in [2.24, 2.45) is 16.6 Å². The van der Waals surface area contributed by atoms with Crippen molar-refractivity contribution in [2.75, 3.05) is 13.1 Å². The molecule has 1 saturated heterocycles. The standard InChI is InChI=1S/C11H19N5O/c1-8-4-3-5-16(7-8)11(12)13-6-10-14-9(2)17-15-10/h8H,3-7H2,1-2H3,(H2,12,13). The largest absolute Gasteiger partial charge is 0.370 e. The lowest BCUT2D eigenvalue weighted by atomic mass is 10.0. The molecule has 0 aliphatic carbocycles. The van der Waals surface area contributed by atoms with Crippen LogP contribution in [0.4, 0.5) is 0 Å². The van der Waals surface area contributed by atoms with Crippen LogP contribution in [0.1, 0.15) is 31.5 Å². The third kappa shape index (κ3) is 3.18. The molecule has 1 aliphatic heterocycles. The number of nitrogens with zero attached hydrogens (tertiary/aromatic N) is 4. The first-order valence-electron chi connectivity index (χ1n) is 5.99. The zero-order chi connectivity index (χ0) is 12.3. The van der Waals surface area contributed by atoms with Gasteiger partial charge in [-0.25, -0.2) is 4.99 Å². The Kier molecular flexibility index (Phi) is 3.61. The number of guanidine groups is 1. The molecular weight excluding hydrogens is 218 g/mol. The molecule has 1 aliphatic rings. The van der Waals surface area contributed by atoms with Gasteiger partial charge in [0.25, 0.3) is 0 Å². The molecule has 1 aromatic heterocycles. The van der Waals surface area contributed by atoms with E-state index in [9.17, 15) is 0 Å². The summed E-state index contributed by atoms with van der Waals surface area (Å²) in [5.41, 5.74) is 5.96. The molecule has 6 nitrogen and oxygen atoms in total. The van der Waals surface area contributed by atoms with E-state index in [0.29, 0.717) is 30.1 Å². The third-order valence-electron chi connectivity index (χ3n) is 2.93. The molecule has 17 heavy (non-hydrogen) atoms. The number of aryl methyl sites for hydroxylation is 1. The second kappa shape index (κ2) is 5.16. The molecule has 0 aromatic carbocycles. The van der Waals surface area contributed by atoms with Gasteiger partial charge in [0, 0.05) is 20.0 Å². The molecule has 0 saturated carbocycles. The smallest absolute Gasteiger partial charge is 0.223 e. The van der Waals surface area contributed by atoms with Crippen molar-refractivity contribution < 1.29 is 4.52 Å². The molecule has 1 fully saturated rings. The lowest BCUT2D eigenvalue weighted by Gasteiger charge is -2.31. The van der Waals surface area contributed by atoms with E-state index in [0.717, 1.165) is 13.1 Å². The Morgan fingerprint density at radius 1 is 1.65 bits per heavy atom. The molecule has 6 heteroatoms. The van der Waals surface area contributed by atoms with E-state index >= 15 is 0 Å². The summed E-state index contributed by atoms with van der Waals surface area (Å²) < 4.78 is 4.87. The third-order valence-corrected chi connectivity index (χ3v) is 2.93. The van der Waals surface area contributed by atoms with Gasteiger partial charge < -0.3 is 15.2 Å². The van der Waals surface area contributed by atoms with E-state index in [1.54, 1.807) is 6.92 Å². The summed E-state index contributed by atoms with van der Waals surface area (Å²) in [7, 11) is 0. The molecule has 1 unspecified atom stereocenters. The second-order valence-electron chi connectivity index (χ2n) is 4.60. The molecule has 0 spiro atoms. The average molecular weight is 237 g/mol. The molecule has 0 bridgehead atoms. The van der Waals surface area contributed by atoms with Crippen LogP contribution in [-0.4, -0.2) is 34.1 Å². The van der Waals surface area contributed by atoms with Crippen LogP contribution in [0, 0.1) is 12.8 Å². The Morgan fingerprint density at radius 2 is 2.47 bits per heavy atom. The fourth-order valence-corrected chi connectivity index (χ4v) is 2.05. The highest BCUT2D eigenvalue weighted by atomic mass is 16.5. The van der Waals surface area contributed by atoms with E-state index < -0.39 is 0 Å².